The maximum Gasteiger partial charge on any atom is 0.341 e. The van der Waals surface area contributed by atoms with E-state index in [4.69, 9.17) is 18.9 Å². The van der Waals surface area contributed by atoms with Crippen molar-refractivity contribution in [3.8, 4) is 28.4 Å². The summed E-state index contributed by atoms with van der Waals surface area (Å²) in [6.45, 7) is 7.84. The quantitative estimate of drug-likeness (QED) is 0.267. The van der Waals surface area contributed by atoms with Crippen LogP contribution in [-0.2, 0) is 9.53 Å². The van der Waals surface area contributed by atoms with Crippen molar-refractivity contribution >= 4 is 44.1 Å². The standard InChI is InChI=1S/C27H30BrNO6S/c1-7-34-27(31)25-19(17-8-9-21(32-5)23(11-17)33-6)14-36-26(25)29-24(30)13-35-22-10-16(4)20(28)12-18(22)15(2)3/h8-12,14-15H,7,13H2,1-6H3,(H,29,30). The summed E-state index contributed by atoms with van der Waals surface area (Å²) in [5, 5.41) is 5.02. The first-order valence-corrected chi connectivity index (χ1v) is 13.1. The zero-order valence-corrected chi connectivity index (χ0v) is 23.6. The van der Waals surface area contributed by atoms with E-state index in [1.54, 1.807) is 38.7 Å². The van der Waals surface area contributed by atoms with Crippen LogP contribution in [0.4, 0.5) is 5.00 Å². The number of halogens is 1. The normalized spacial score (nSPS) is 10.8. The number of carbonyl (C=O) groups is 2. The molecule has 0 atom stereocenters. The number of hydrogen-bond donors (Lipinski definition) is 1. The summed E-state index contributed by atoms with van der Waals surface area (Å²) in [4.78, 5) is 25.7. The van der Waals surface area contributed by atoms with Gasteiger partial charge in [-0.25, -0.2) is 4.79 Å². The zero-order chi connectivity index (χ0) is 26.4. The lowest BCUT2D eigenvalue weighted by molar-refractivity contribution is -0.118. The van der Waals surface area contributed by atoms with Crippen LogP contribution in [-0.4, -0.2) is 39.3 Å². The Morgan fingerprint density at radius 1 is 1.06 bits per heavy atom. The molecule has 192 valence electrons. The number of thiophene rings is 1. The minimum Gasteiger partial charge on any atom is -0.493 e. The van der Waals surface area contributed by atoms with Crippen LogP contribution in [0.15, 0.2) is 40.2 Å². The van der Waals surface area contributed by atoms with Gasteiger partial charge in [-0.2, -0.15) is 0 Å². The van der Waals surface area contributed by atoms with Gasteiger partial charge in [0.25, 0.3) is 5.91 Å². The van der Waals surface area contributed by atoms with Crippen LogP contribution in [0.3, 0.4) is 0 Å². The monoisotopic (exact) mass is 575 g/mol. The number of benzene rings is 2. The second-order valence-electron chi connectivity index (χ2n) is 8.27. The Balaban J connectivity index is 1.87. The maximum absolute atomic E-state index is 12.9. The molecule has 2 aromatic carbocycles. The van der Waals surface area contributed by atoms with E-state index in [9.17, 15) is 9.59 Å². The highest BCUT2D eigenvalue weighted by Gasteiger charge is 2.24. The maximum atomic E-state index is 12.9. The highest BCUT2D eigenvalue weighted by atomic mass is 79.9. The van der Waals surface area contributed by atoms with E-state index in [0.717, 1.165) is 21.2 Å². The SMILES string of the molecule is CCOC(=O)c1c(-c2ccc(OC)c(OC)c2)csc1NC(=O)COc1cc(C)c(Br)cc1C(C)C. The lowest BCUT2D eigenvalue weighted by atomic mass is 10.0. The largest absolute Gasteiger partial charge is 0.493 e. The number of rotatable bonds is 10. The molecule has 1 N–H and O–H groups in total. The number of methoxy groups -OCH3 is 2. The second kappa shape index (κ2) is 12.3. The molecule has 0 aliphatic heterocycles. The van der Waals surface area contributed by atoms with Crippen LogP contribution in [0, 0.1) is 6.92 Å². The highest BCUT2D eigenvalue weighted by molar-refractivity contribution is 9.10. The molecule has 0 saturated heterocycles. The first-order chi connectivity index (χ1) is 17.2. The molecule has 0 bridgehead atoms. The van der Waals surface area contributed by atoms with Gasteiger partial charge in [0.1, 0.15) is 16.3 Å². The Kier molecular flexibility index (Phi) is 9.39. The fraction of sp³-hybridized carbons (Fsp3) is 0.333. The highest BCUT2D eigenvalue weighted by Crippen LogP contribution is 2.40. The van der Waals surface area contributed by atoms with Crippen LogP contribution in [0.2, 0.25) is 0 Å². The van der Waals surface area contributed by atoms with Gasteiger partial charge in [0.05, 0.1) is 20.8 Å². The summed E-state index contributed by atoms with van der Waals surface area (Å²) in [6.07, 6.45) is 0. The molecule has 3 rings (SSSR count). The summed E-state index contributed by atoms with van der Waals surface area (Å²) in [6, 6.07) is 9.29. The van der Waals surface area contributed by atoms with Gasteiger partial charge in [-0.15, -0.1) is 11.3 Å². The van der Waals surface area contributed by atoms with E-state index in [1.165, 1.54) is 11.3 Å². The molecule has 1 aromatic heterocycles. The fourth-order valence-corrected chi connectivity index (χ4v) is 4.96. The lowest BCUT2D eigenvalue weighted by Crippen LogP contribution is -2.21. The van der Waals surface area contributed by atoms with Crippen LogP contribution in [0.25, 0.3) is 11.1 Å². The topological polar surface area (TPSA) is 83.1 Å². The van der Waals surface area contributed by atoms with Crippen molar-refractivity contribution in [1.29, 1.82) is 0 Å². The van der Waals surface area contributed by atoms with Gasteiger partial charge in [0.2, 0.25) is 0 Å². The number of aryl methyl sites for hydroxylation is 1. The molecule has 0 radical (unpaired) electrons. The number of esters is 1. The van der Waals surface area contributed by atoms with Gasteiger partial charge >= 0.3 is 5.97 Å². The van der Waals surface area contributed by atoms with Gasteiger partial charge in [-0.3, -0.25) is 4.79 Å². The summed E-state index contributed by atoms with van der Waals surface area (Å²) in [5.41, 5.74) is 3.65. The molecule has 0 unspecified atom stereocenters. The first-order valence-electron chi connectivity index (χ1n) is 11.4. The third-order valence-electron chi connectivity index (χ3n) is 5.49. The Labute approximate surface area is 223 Å². The van der Waals surface area contributed by atoms with E-state index in [-0.39, 0.29) is 30.6 Å². The van der Waals surface area contributed by atoms with E-state index in [2.05, 4.69) is 35.1 Å². The zero-order valence-electron chi connectivity index (χ0n) is 21.2. The fourth-order valence-electron chi connectivity index (χ4n) is 3.62. The number of amides is 1. The minimum atomic E-state index is -0.523. The molecule has 0 spiro atoms. The first kappa shape index (κ1) is 27.5. The van der Waals surface area contributed by atoms with Crippen LogP contribution >= 0.6 is 27.3 Å². The van der Waals surface area contributed by atoms with E-state index < -0.39 is 5.97 Å². The number of carbonyl (C=O) groups excluding carboxylic acids is 2. The molecule has 1 amide bonds. The molecule has 0 aliphatic carbocycles. The van der Waals surface area contributed by atoms with Crippen molar-refractivity contribution in [2.24, 2.45) is 0 Å². The molecule has 9 heteroatoms. The molecular weight excluding hydrogens is 546 g/mol. The van der Waals surface area contributed by atoms with Crippen molar-refractivity contribution in [2.45, 2.75) is 33.6 Å². The third-order valence-corrected chi connectivity index (χ3v) is 7.24. The summed E-state index contributed by atoms with van der Waals surface area (Å²) >= 11 is 4.80. The molecule has 0 saturated carbocycles. The lowest BCUT2D eigenvalue weighted by Gasteiger charge is -2.16. The Morgan fingerprint density at radius 3 is 2.42 bits per heavy atom. The smallest absolute Gasteiger partial charge is 0.341 e. The molecule has 0 fully saturated rings. The number of hydrogen-bond acceptors (Lipinski definition) is 7. The number of anilines is 1. The summed E-state index contributed by atoms with van der Waals surface area (Å²) < 4.78 is 22.9. The van der Waals surface area contributed by atoms with Crippen molar-refractivity contribution in [3.63, 3.8) is 0 Å². The van der Waals surface area contributed by atoms with Crippen molar-refractivity contribution in [2.75, 3.05) is 32.8 Å². The molecular formula is C27H30BrNO6S. The van der Waals surface area contributed by atoms with Crippen molar-refractivity contribution in [3.05, 3.63) is 56.9 Å². The number of ether oxygens (including phenoxy) is 4. The predicted molar refractivity (Wildman–Crippen MR) is 146 cm³/mol. The van der Waals surface area contributed by atoms with Gasteiger partial charge in [0.15, 0.2) is 18.1 Å². The van der Waals surface area contributed by atoms with Gasteiger partial charge in [-0.1, -0.05) is 35.8 Å². The van der Waals surface area contributed by atoms with E-state index >= 15 is 0 Å². The number of nitrogens with one attached hydrogen (secondary N) is 1. The molecule has 36 heavy (non-hydrogen) atoms. The molecule has 1 heterocycles. The van der Waals surface area contributed by atoms with Gasteiger partial charge < -0.3 is 24.3 Å². The molecule has 7 nitrogen and oxygen atoms in total. The van der Waals surface area contributed by atoms with Gasteiger partial charge in [-0.05, 0) is 60.7 Å². The van der Waals surface area contributed by atoms with Gasteiger partial charge in [0, 0.05) is 15.4 Å². The summed E-state index contributed by atoms with van der Waals surface area (Å²) in [7, 11) is 3.10. The average molecular weight is 577 g/mol. The Morgan fingerprint density at radius 2 is 1.78 bits per heavy atom. The predicted octanol–water partition coefficient (Wildman–Crippen LogP) is 6.82. The van der Waals surface area contributed by atoms with E-state index in [0.29, 0.717) is 27.8 Å². The van der Waals surface area contributed by atoms with E-state index in [1.807, 2.05) is 25.1 Å². The van der Waals surface area contributed by atoms with Crippen molar-refractivity contribution in [1.82, 2.24) is 0 Å². The van der Waals surface area contributed by atoms with Crippen LogP contribution in [0.5, 0.6) is 17.2 Å². The van der Waals surface area contributed by atoms with Crippen LogP contribution in [0.1, 0.15) is 48.2 Å². The molecule has 0 aliphatic rings. The Hall–Kier alpha value is -3.04. The second-order valence-corrected chi connectivity index (χ2v) is 10.0. The molecule has 3 aromatic rings. The summed E-state index contributed by atoms with van der Waals surface area (Å²) in [5.74, 6) is 1.08. The minimum absolute atomic E-state index is 0.202. The Bertz CT molecular complexity index is 1250. The van der Waals surface area contributed by atoms with Crippen molar-refractivity contribution < 1.29 is 28.5 Å². The third kappa shape index (κ3) is 6.20. The average Bonchev–Trinajstić information content (AvgIpc) is 3.27. The van der Waals surface area contributed by atoms with Crippen LogP contribution < -0.4 is 19.5 Å².